The SMILES string of the molecule is Cc1ccc(OCC(N)C(=O)O)c([N+](=O)[O-])c1. The quantitative estimate of drug-likeness (QED) is 0.578. The monoisotopic (exact) mass is 240 g/mol. The van der Waals surface area contributed by atoms with Crippen LogP contribution in [0.1, 0.15) is 5.56 Å². The van der Waals surface area contributed by atoms with E-state index in [1.165, 1.54) is 12.1 Å². The summed E-state index contributed by atoms with van der Waals surface area (Å²) >= 11 is 0. The van der Waals surface area contributed by atoms with Gasteiger partial charge in [0.2, 0.25) is 0 Å². The molecule has 0 spiro atoms. The van der Waals surface area contributed by atoms with Crippen molar-refractivity contribution in [1.82, 2.24) is 0 Å². The minimum absolute atomic E-state index is 0.0114. The molecule has 92 valence electrons. The Bertz CT molecular complexity index is 446. The highest BCUT2D eigenvalue weighted by Crippen LogP contribution is 2.27. The number of hydrogen-bond donors (Lipinski definition) is 2. The summed E-state index contributed by atoms with van der Waals surface area (Å²) in [5, 5.41) is 19.3. The average molecular weight is 240 g/mol. The zero-order valence-corrected chi connectivity index (χ0v) is 9.12. The number of ether oxygens (including phenoxy) is 1. The largest absolute Gasteiger partial charge is 0.485 e. The maximum Gasteiger partial charge on any atom is 0.324 e. The van der Waals surface area contributed by atoms with Crippen LogP contribution >= 0.6 is 0 Å². The lowest BCUT2D eigenvalue weighted by Gasteiger charge is -2.09. The predicted octanol–water partition coefficient (Wildman–Crippen LogP) is 0.694. The molecular weight excluding hydrogens is 228 g/mol. The van der Waals surface area contributed by atoms with Gasteiger partial charge in [-0.2, -0.15) is 0 Å². The molecule has 1 aromatic carbocycles. The van der Waals surface area contributed by atoms with Gasteiger partial charge < -0.3 is 15.6 Å². The van der Waals surface area contributed by atoms with Gasteiger partial charge in [-0.3, -0.25) is 14.9 Å². The summed E-state index contributed by atoms with van der Waals surface area (Å²) < 4.78 is 5.03. The number of rotatable bonds is 5. The van der Waals surface area contributed by atoms with Gasteiger partial charge in [-0.1, -0.05) is 6.07 Å². The second-order valence-corrected chi connectivity index (χ2v) is 3.48. The number of aliphatic carboxylic acids is 1. The van der Waals surface area contributed by atoms with Crippen LogP contribution < -0.4 is 10.5 Å². The van der Waals surface area contributed by atoms with E-state index in [2.05, 4.69) is 0 Å². The number of nitrogens with zero attached hydrogens (tertiary/aromatic N) is 1. The van der Waals surface area contributed by atoms with Crippen LogP contribution in [-0.2, 0) is 4.79 Å². The molecule has 1 unspecified atom stereocenters. The van der Waals surface area contributed by atoms with Gasteiger partial charge in [0.1, 0.15) is 12.6 Å². The zero-order valence-electron chi connectivity index (χ0n) is 9.12. The van der Waals surface area contributed by atoms with E-state index in [4.69, 9.17) is 15.6 Å². The van der Waals surface area contributed by atoms with Crippen LogP contribution in [0.15, 0.2) is 18.2 Å². The van der Waals surface area contributed by atoms with E-state index in [9.17, 15) is 14.9 Å². The number of carboxylic acid groups (broad SMARTS) is 1. The molecule has 0 saturated heterocycles. The molecule has 1 aromatic rings. The first-order chi connectivity index (χ1) is 7.91. The van der Waals surface area contributed by atoms with Crippen molar-refractivity contribution < 1.29 is 19.6 Å². The number of benzene rings is 1. The van der Waals surface area contributed by atoms with Gasteiger partial charge >= 0.3 is 11.7 Å². The Hall–Kier alpha value is -2.15. The molecule has 1 rings (SSSR count). The van der Waals surface area contributed by atoms with Gasteiger partial charge in [0, 0.05) is 6.07 Å². The number of nitrogens with two attached hydrogens (primary N) is 1. The zero-order chi connectivity index (χ0) is 13.0. The highest BCUT2D eigenvalue weighted by Gasteiger charge is 2.18. The molecule has 0 saturated carbocycles. The van der Waals surface area contributed by atoms with Crippen LogP contribution in [0.2, 0.25) is 0 Å². The van der Waals surface area contributed by atoms with E-state index < -0.39 is 16.9 Å². The average Bonchev–Trinajstić information content (AvgIpc) is 2.26. The van der Waals surface area contributed by atoms with Crippen molar-refractivity contribution in [3.8, 4) is 5.75 Å². The number of aryl methyl sites for hydroxylation is 1. The first kappa shape index (κ1) is 12.9. The highest BCUT2D eigenvalue weighted by atomic mass is 16.6. The lowest BCUT2D eigenvalue weighted by molar-refractivity contribution is -0.385. The summed E-state index contributed by atoms with van der Waals surface area (Å²) in [6, 6.07) is 3.19. The molecule has 1 atom stereocenters. The summed E-state index contributed by atoms with van der Waals surface area (Å²) in [5.74, 6) is -1.21. The van der Waals surface area contributed by atoms with Crippen molar-refractivity contribution in [2.45, 2.75) is 13.0 Å². The van der Waals surface area contributed by atoms with Gasteiger partial charge in [-0.05, 0) is 18.6 Å². The molecule has 17 heavy (non-hydrogen) atoms. The first-order valence-electron chi connectivity index (χ1n) is 4.78. The molecule has 0 bridgehead atoms. The van der Waals surface area contributed by atoms with Crippen molar-refractivity contribution >= 4 is 11.7 Å². The topological polar surface area (TPSA) is 116 Å². The normalized spacial score (nSPS) is 11.9. The molecule has 0 heterocycles. The Morgan fingerprint density at radius 3 is 2.82 bits per heavy atom. The van der Waals surface area contributed by atoms with E-state index in [-0.39, 0.29) is 18.0 Å². The van der Waals surface area contributed by atoms with E-state index in [1.807, 2.05) is 0 Å². The number of carboxylic acids is 1. The van der Waals surface area contributed by atoms with Gasteiger partial charge in [0.05, 0.1) is 4.92 Å². The minimum Gasteiger partial charge on any atom is -0.485 e. The van der Waals surface area contributed by atoms with Crippen molar-refractivity contribution in [3.05, 3.63) is 33.9 Å². The van der Waals surface area contributed by atoms with Crippen molar-refractivity contribution in [2.24, 2.45) is 5.73 Å². The van der Waals surface area contributed by atoms with E-state index >= 15 is 0 Å². The Morgan fingerprint density at radius 1 is 1.65 bits per heavy atom. The first-order valence-corrected chi connectivity index (χ1v) is 4.78. The number of hydrogen-bond acceptors (Lipinski definition) is 5. The van der Waals surface area contributed by atoms with E-state index in [0.717, 1.165) is 0 Å². The fraction of sp³-hybridized carbons (Fsp3) is 0.300. The fourth-order valence-electron chi connectivity index (χ4n) is 1.14. The van der Waals surface area contributed by atoms with Gasteiger partial charge in [-0.15, -0.1) is 0 Å². The maximum absolute atomic E-state index is 10.7. The molecule has 7 nitrogen and oxygen atoms in total. The molecule has 0 fully saturated rings. The smallest absolute Gasteiger partial charge is 0.324 e. The molecule has 0 amide bonds. The van der Waals surface area contributed by atoms with E-state index in [0.29, 0.717) is 5.56 Å². The van der Waals surface area contributed by atoms with Gasteiger partial charge in [0.25, 0.3) is 0 Å². The molecule has 3 N–H and O–H groups in total. The third-order valence-electron chi connectivity index (χ3n) is 2.05. The van der Waals surface area contributed by atoms with Crippen molar-refractivity contribution in [3.63, 3.8) is 0 Å². The van der Waals surface area contributed by atoms with Crippen molar-refractivity contribution in [2.75, 3.05) is 6.61 Å². The molecule has 0 aliphatic rings. The number of carbonyl (C=O) groups is 1. The standard InChI is InChI=1S/C10H12N2O5/c1-6-2-3-9(8(4-6)12(15)16)17-5-7(11)10(13)14/h2-4,7H,5,11H2,1H3,(H,13,14). The molecule has 7 heteroatoms. The number of nitro groups is 1. The highest BCUT2D eigenvalue weighted by molar-refractivity contribution is 5.73. The Morgan fingerprint density at radius 2 is 2.29 bits per heavy atom. The predicted molar refractivity (Wildman–Crippen MR) is 58.9 cm³/mol. The minimum atomic E-state index is -1.22. The van der Waals surface area contributed by atoms with Gasteiger partial charge in [-0.25, -0.2) is 0 Å². The number of nitro benzene ring substituents is 1. The summed E-state index contributed by atoms with van der Waals surface area (Å²) in [6.07, 6.45) is 0. The second-order valence-electron chi connectivity index (χ2n) is 3.48. The summed E-state index contributed by atoms with van der Waals surface area (Å²) in [4.78, 5) is 20.6. The summed E-state index contributed by atoms with van der Waals surface area (Å²) in [6.45, 7) is 1.39. The van der Waals surface area contributed by atoms with Crippen LogP contribution in [0.4, 0.5) is 5.69 Å². The van der Waals surface area contributed by atoms with E-state index in [1.54, 1.807) is 13.0 Å². The molecule has 0 aliphatic heterocycles. The second kappa shape index (κ2) is 5.26. The van der Waals surface area contributed by atoms with Crippen LogP contribution in [0.25, 0.3) is 0 Å². The molecule has 0 radical (unpaired) electrons. The maximum atomic E-state index is 10.7. The lowest BCUT2D eigenvalue weighted by atomic mass is 10.2. The van der Waals surface area contributed by atoms with Crippen molar-refractivity contribution in [1.29, 1.82) is 0 Å². The molecular formula is C10H12N2O5. The van der Waals surface area contributed by atoms with Crippen LogP contribution in [-0.4, -0.2) is 28.6 Å². The van der Waals surface area contributed by atoms with Crippen LogP contribution in [0.5, 0.6) is 5.75 Å². The lowest BCUT2D eigenvalue weighted by Crippen LogP contribution is -2.36. The fourth-order valence-corrected chi connectivity index (χ4v) is 1.14. The molecule has 0 aromatic heterocycles. The summed E-state index contributed by atoms with van der Waals surface area (Å²) in [5.41, 5.74) is 5.73. The van der Waals surface area contributed by atoms with Crippen LogP contribution in [0, 0.1) is 17.0 Å². The third kappa shape index (κ3) is 3.42. The van der Waals surface area contributed by atoms with Gasteiger partial charge in [0.15, 0.2) is 5.75 Å². The molecule has 0 aliphatic carbocycles. The third-order valence-corrected chi connectivity index (χ3v) is 2.05. The van der Waals surface area contributed by atoms with Crippen LogP contribution in [0.3, 0.4) is 0 Å². The Kier molecular flexibility index (Phi) is 4.00. The summed E-state index contributed by atoms with van der Waals surface area (Å²) in [7, 11) is 0. The Balaban J connectivity index is 2.84. The Labute approximate surface area is 97.0 Å².